The van der Waals surface area contributed by atoms with Crippen molar-refractivity contribution >= 4 is 15.7 Å². The zero-order chi connectivity index (χ0) is 16.3. The molecule has 2 aromatic rings. The van der Waals surface area contributed by atoms with Crippen molar-refractivity contribution in [3.63, 3.8) is 0 Å². The first-order chi connectivity index (χ1) is 10.4. The van der Waals surface area contributed by atoms with Gasteiger partial charge in [0.15, 0.2) is 4.90 Å². The van der Waals surface area contributed by atoms with Gasteiger partial charge in [-0.05, 0) is 18.6 Å². The summed E-state index contributed by atoms with van der Waals surface area (Å²) < 4.78 is 26.5. The monoisotopic (exact) mass is 320 g/mol. The Balaban J connectivity index is 2.45. The fourth-order valence-corrected chi connectivity index (χ4v) is 3.64. The van der Waals surface area contributed by atoms with Crippen LogP contribution in [-0.2, 0) is 10.0 Å². The molecule has 0 aliphatic carbocycles. The molecule has 0 fully saturated rings. The van der Waals surface area contributed by atoms with E-state index in [1.165, 1.54) is 31.3 Å². The molecule has 0 spiro atoms. The van der Waals surface area contributed by atoms with Gasteiger partial charge in [0, 0.05) is 19.2 Å². The van der Waals surface area contributed by atoms with Crippen molar-refractivity contribution in [1.82, 2.24) is 4.31 Å². The second-order valence-corrected chi connectivity index (χ2v) is 6.80. The number of nitro groups is 1. The minimum atomic E-state index is -3.97. The molecule has 1 atom stereocenters. The summed E-state index contributed by atoms with van der Waals surface area (Å²) in [5.74, 6) is 0. The third kappa shape index (κ3) is 3.00. The van der Waals surface area contributed by atoms with Gasteiger partial charge in [-0.25, -0.2) is 8.42 Å². The number of benzene rings is 2. The van der Waals surface area contributed by atoms with Gasteiger partial charge >= 0.3 is 0 Å². The molecule has 0 aliphatic rings. The fraction of sp³-hybridized carbons (Fsp3) is 0.200. The number of nitrogens with zero attached hydrogens (tertiary/aromatic N) is 2. The Bertz CT molecular complexity index is 775. The maximum absolute atomic E-state index is 12.7. The molecule has 1 unspecified atom stereocenters. The number of nitro benzene ring substituents is 1. The van der Waals surface area contributed by atoms with Crippen LogP contribution in [0.3, 0.4) is 0 Å². The fourth-order valence-electron chi connectivity index (χ4n) is 2.13. The van der Waals surface area contributed by atoms with Crippen LogP contribution < -0.4 is 0 Å². The highest BCUT2D eigenvalue weighted by Crippen LogP contribution is 2.30. The van der Waals surface area contributed by atoms with Crippen molar-refractivity contribution in [2.24, 2.45) is 0 Å². The molecular formula is C15H16N2O4S. The summed E-state index contributed by atoms with van der Waals surface area (Å²) in [4.78, 5) is 10.1. The van der Waals surface area contributed by atoms with Crippen molar-refractivity contribution < 1.29 is 13.3 Å². The lowest BCUT2D eigenvalue weighted by Crippen LogP contribution is -2.30. The molecular weight excluding hydrogens is 304 g/mol. The van der Waals surface area contributed by atoms with E-state index in [9.17, 15) is 18.5 Å². The molecule has 0 heterocycles. The highest BCUT2D eigenvalue weighted by Gasteiger charge is 2.32. The van der Waals surface area contributed by atoms with Gasteiger partial charge in [0.1, 0.15) is 0 Å². The first-order valence-corrected chi connectivity index (χ1v) is 8.06. The third-order valence-electron chi connectivity index (χ3n) is 3.55. The van der Waals surface area contributed by atoms with Crippen LogP contribution in [0.1, 0.15) is 18.5 Å². The van der Waals surface area contributed by atoms with Gasteiger partial charge in [0.25, 0.3) is 5.69 Å². The Morgan fingerprint density at radius 2 is 1.59 bits per heavy atom. The number of rotatable bonds is 5. The zero-order valence-corrected chi connectivity index (χ0v) is 13.0. The molecule has 2 aromatic carbocycles. The van der Waals surface area contributed by atoms with Crippen LogP contribution in [0.2, 0.25) is 0 Å². The average Bonchev–Trinajstić information content (AvgIpc) is 2.54. The Morgan fingerprint density at radius 3 is 2.18 bits per heavy atom. The minimum Gasteiger partial charge on any atom is -0.258 e. The van der Waals surface area contributed by atoms with Gasteiger partial charge in [-0.1, -0.05) is 42.5 Å². The molecule has 6 nitrogen and oxygen atoms in total. The van der Waals surface area contributed by atoms with Crippen LogP contribution in [0.5, 0.6) is 0 Å². The quantitative estimate of drug-likeness (QED) is 0.626. The Hall–Kier alpha value is -2.25. The number of hydrogen-bond donors (Lipinski definition) is 0. The SMILES string of the molecule is CC(c1ccccc1)N(C)S(=O)(=O)c1ccccc1[N+](=O)[O-]. The molecule has 116 valence electrons. The predicted molar refractivity (Wildman–Crippen MR) is 82.9 cm³/mol. The maximum Gasteiger partial charge on any atom is 0.289 e. The second kappa shape index (κ2) is 6.25. The molecule has 0 bridgehead atoms. The summed E-state index contributed by atoms with van der Waals surface area (Å²) in [5.41, 5.74) is 0.391. The number of sulfonamides is 1. The van der Waals surface area contributed by atoms with Crippen molar-refractivity contribution in [2.75, 3.05) is 7.05 Å². The lowest BCUT2D eigenvalue weighted by molar-refractivity contribution is -0.387. The lowest BCUT2D eigenvalue weighted by atomic mass is 10.1. The molecule has 7 heteroatoms. The molecule has 0 aromatic heterocycles. The first kappa shape index (κ1) is 16.1. The second-order valence-electron chi connectivity index (χ2n) is 4.83. The molecule has 0 saturated heterocycles. The molecule has 2 rings (SSSR count). The van der Waals surface area contributed by atoms with Crippen LogP contribution in [-0.4, -0.2) is 24.7 Å². The smallest absolute Gasteiger partial charge is 0.258 e. The molecule has 0 saturated carbocycles. The van der Waals surface area contributed by atoms with E-state index < -0.39 is 26.7 Å². The van der Waals surface area contributed by atoms with Crippen molar-refractivity contribution in [3.8, 4) is 0 Å². The van der Waals surface area contributed by atoms with Gasteiger partial charge in [-0.3, -0.25) is 10.1 Å². The highest BCUT2D eigenvalue weighted by molar-refractivity contribution is 7.89. The van der Waals surface area contributed by atoms with E-state index in [-0.39, 0.29) is 4.90 Å². The Morgan fingerprint density at radius 1 is 1.05 bits per heavy atom. The molecule has 22 heavy (non-hydrogen) atoms. The molecule has 0 radical (unpaired) electrons. The van der Waals surface area contributed by atoms with Gasteiger partial charge in [-0.2, -0.15) is 4.31 Å². The zero-order valence-electron chi connectivity index (χ0n) is 12.2. The minimum absolute atomic E-state index is 0.301. The van der Waals surface area contributed by atoms with E-state index in [1.807, 2.05) is 30.3 Å². The highest BCUT2D eigenvalue weighted by atomic mass is 32.2. The summed E-state index contributed by atoms with van der Waals surface area (Å²) >= 11 is 0. The van der Waals surface area contributed by atoms with Crippen molar-refractivity contribution in [3.05, 3.63) is 70.3 Å². The first-order valence-electron chi connectivity index (χ1n) is 6.62. The maximum atomic E-state index is 12.7. The van der Waals surface area contributed by atoms with E-state index in [0.717, 1.165) is 9.87 Å². The molecule has 0 N–H and O–H groups in total. The average molecular weight is 320 g/mol. The predicted octanol–water partition coefficient (Wildman–Crippen LogP) is 2.98. The van der Waals surface area contributed by atoms with Crippen LogP contribution in [0.15, 0.2) is 59.5 Å². The normalized spacial score (nSPS) is 13.0. The van der Waals surface area contributed by atoms with Crippen LogP contribution in [0.25, 0.3) is 0 Å². The summed E-state index contributed by atoms with van der Waals surface area (Å²) in [6, 6.07) is 14.0. The van der Waals surface area contributed by atoms with Crippen LogP contribution >= 0.6 is 0 Å². The topological polar surface area (TPSA) is 80.5 Å². The standard InChI is InChI=1S/C15H16N2O4S/c1-12(13-8-4-3-5-9-13)16(2)22(20,21)15-11-7-6-10-14(15)17(18)19/h3-12H,1-2H3. The van der Waals surface area contributed by atoms with E-state index in [1.54, 1.807) is 6.92 Å². The van der Waals surface area contributed by atoms with Gasteiger partial charge in [0.2, 0.25) is 10.0 Å². The Labute approximate surface area is 129 Å². The summed E-state index contributed by atoms with van der Waals surface area (Å²) in [5, 5.41) is 11.1. The van der Waals surface area contributed by atoms with Gasteiger partial charge < -0.3 is 0 Å². The Kier molecular flexibility index (Phi) is 4.58. The van der Waals surface area contributed by atoms with Gasteiger partial charge in [-0.15, -0.1) is 0 Å². The van der Waals surface area contributed by atoms with E-state index in [2.05, 4.69) is 0 Å². The molecule has 0 aliphatic heterocycles. The number of hydrogen-bond acceptors (Lipinski definition) is 4. The number of para-hydroxylation sites is 1. The largest absolute Gasteiger partial charge is 0.289 e. The van der Waals surface area contributed by atoms with Crippen LogP contribution in [0, 0.1) is 10.1 Å². The van der Waals surface area contributed by atoms with E-state index in [0.29, 0.717) is 0 Å². The molecule has 0 amide bonds. The van der Waals surface area contributed by atoms with E-state index >= 15 is 0 Å². The summed E-state index contributed by atoms with van der Waals surface area (Å²) in [7, 11) is -2.55. The summed E-state index contributed by atoms with van der Waals surface area (Å²) in [6.07, 6.45) is 0. The van der Waals surface area contributed by atoms with E-state index in [4.69, 9.17) is 0 Å². The third-order valence-corrected chi connectivity index (χ3v) is 5.52. The lowest BCUT2D eigenvalue weighted by Gasteiger charge is -2.24. The van der Waals surface area contributed by atoms with Crippen molar-refractivity contribution in [1.29, 1.82) is 0 Å². The van der Waals surface area contributed by atoms with Crippen molar-refractivity contribution in [2.45, 2.75) is 17.9 Å². The van der Waals surface area contributed by atoms with Gasteiger partial charge in [0.05, 0.1) is 4.92 Å². The van der Waals surface area contributed by atoms with Crippen LogP contribution in [0.4, 0.5) is 5.69 Å². The summed E-state index contributed by atoms with van der Waals surface area (Å²) in [6.45, 7) is 1.74.